The number of nitrogens with two attached hydrogens (primary N) is 1. The molecule has 14 heavy (non-hydrogen) atoms. The van der Waals surface area contributed by atoms with E-state index in [1.807, 2.05) is 0 Å². The second-order valence-corrected chi connectivity index (χ2v) is 3.06. The smallest absolute Gasteiger partial charge is 0.178 e. The third kappa shape index (κ3) is 1.25. The Bertz CT molecular complexity index is 488. The minimum Gasteiger partial charge on any atom is -0.508 e. The zero-order valence-corrected chi connectivity index (χ0v) is 7.45. The van der Waals surface area contributed by atoms with Gasteiger partial charge in [0.1, 0.15) is 5.75 Å². The average Bonchev–Trinajstić information content (AvgIpc) is 2.59. The Hall–Kier alpha value is -1.81. The molecule has 2 rings (SSSR count). The molecule has 1 aromatic heterocycles. The fraction of sp³-hybridized carbons (Fsp3) is 0.100. The zero-order chi connectivity index (χ0) is 10.1. The molecular weight excluding hydrogens is 180 g/mol. The number of ketones is 1. The molecule has 0 saturated carbocycles. The first kappa shape index (κ1) is 8.77. The average molecular weight is 190 g/mol. The molecule has 0 bridgehead atoms. The number of carbonyl (C=O) groups is 1. The van der Waals surface area contributed by atoms with Gasteiger partial charge in [0.15, 0.2) is 5.78 Å². The molecule has 0 unspecified atom stereocenters. The summed E-state index contributed by atoms with van der Waals surface area (Å²) in [7, 11) is 0. The maximum Gasteiger partial charge on any atom is 0.178 e. The Morgan fingerprint density at radius 1 is 1.50 bits per heavy atom. The Balaban J connectivity index is 2.64. The topological polar surface area (TPSA) is 79.1 Å². The number of carbonyl (C=O) groups excluding carboxylic acids is 1. The van der Waals surface area contributed by atoms with E-state index in [9.17, 15) is 9.90 Å². The van der Waals surface area contributed by atoms with Gasteiger partial charge in [-0.3, -0.25) is 4.79 Å². The number of phenolic OH excluding ortho intramolecular Hbond substituents is 1. The third-order valence-corrected chi connectivity index (χ3v) is 2.15. The fourth-order valence-corrected chi connectivity index (χ4v) is 1.45. The normalized spacial score (nSPS) is 10.6. The molecule has 4 N–H and O–H groups in total. The summed E-state index contributed by atoms with van der Waals surface area (Å²) in [5, 5.41) is 10.00. The zero-order valence-electron chi connectivity index (χ0n) is 7.45. The quantitative estimate of drug-likeness (QED) is 0.618. The van der Waals surface area contributed by atoms with Gasteiger partial charge in [-0.05, 0) is 12.1 Å². The number of aromatic amines is 1. The van der Waals surface area contributed by atoms with Crippen LogP contribution in [0, 0.1) is 0 Å². The number of H-pyrrole nitrogens is 1. The largest absolute Gasteiger partial charge is 0.508 e. The van der Waals surface area contributed by atoms with Gasteiger partial charge in [-0.2, -0.15) is 0 Å². The van der Waals surface area contributed by atoms with Crippen molar-refractivity contribution < 1.29 is 9.90 Å². The molecule has 1 heterocycles. The summed E-state index contributed by atoms with van der Waals surface area (Å²) in [4.78, 5) is 14.3. The van der Waals surface area contributed by atoms with E-state index in [2.05, 4.69) is 4.98 Å². The molecule has 0 aliphatic heterocycles. The van der Waals surface area contributed by atoms with Gasteiger partial charge in [0, 0.05) is 28.7 Å². The van der Waals surface area contributed by atoms with Crippen LogP contribution >= 0.6 is 0 Å². The number of benzene rings is 1. The predicted octanol–water partition coefficient (Wildman–Crippen LogP) is 1.01. The first-order chi connectivity index (χ1) is 6.72. The van der Waals surface area contributed by atoms with Crippen LogP contribution in [-0.4, -0.2) is 22.4 Å². The monoisotopic (exact) mass is 190 g/mol. The number of fused-ring (bicyclic) bond motifs is 1. The number of rotatable bonds is 2. The van der Waals surface area contributed by atoms with E-state index >= 15 is 0 Å². The van der Waals surface area contributed by atoms with Gasteiger partial charge in [0.2, 0.25) is 0 Å². The van der Waals surface area contributed by atoms with Crippen molar-refractivity contribution in [2.24, 2.45) is 5.73 Å². The molecule has 0 amide bonds. The molecule has 4 heteroatoms. The standard InChI is InChI=1S/C10H10N2O2/c11-4-10(14)8-5-12-9-3-6(13)1-2-7(8)9/h1-3,5,12-13H,4,11H2. The van der Waals surface area contributed by atoms with Crippen molar-refractivity contribution >= 4 is 16.7 Å². The molecule has 1 aromatic carbocycles. The minimum atomic E-state index is -0.109. The molecule has 0 spiro atoms. The van der Waals surface area contributed by atoms with E-state index in [0.29, 0.717) is 5.56 Å². The Morgan fingerprint density at radius 2 is 2.29 bits per heavy atom. The summed E-state index contributed by atoms with van der Waals surface area (Å²) < 4.78 is 0. The molecule has 0 radical (unpaired) electrons. The van der Waals surface area contributed by atoms with E-state index in [1.165, 1.54) is 0 Å². The van der Waals surface area contributed by atoms with Crippen LogP contribution in [0.2, 0.25) is 0 Å². The summed E-state index contributed by atoms with van der Waals surface area (Å²) in [6.45, 7) is -0.00612. The van der Waals surface area contributed by atoms with E-state index in [1.54, 1.807) is 24.4 Å². The van der Waals surface area contributed by atoms with E-state index in [-0.39, 0.29) is 18.1 Å². The molecular formula is C10H10N2O2. The predicted molar refractivity (Wildman–Crippen MR) is 53.3 cm³/mol. The fourth-order valence-electron chi connectivity index (χ4n) is 1.45. The molecule has 0 fully saturated rings. The second kappa shape index (κ2) is 3.16. The number of aromatic hydroxyl groups is 1. The van der Waals surface area contributed by atoms with Crippen molar-refractivity contribution in [1.82, 2.24) is 4.98 Å². The molecule has 2 aromatic rings. The molecule has 72 valence electrons. The number of aromatic nitrogens is 1. The van der Waals surface area contributed by atoms with Crippen LogP contribution in [0.3, 0.4) is 0 Å². The lowest BCUT2D eigenvalue weighted by atomic mass is 10.1. The summed E-state index contributed by atoms with van der Waals surface area (Å²) in [6.07, 6.45) is 1.61. The summed E-state index contributed by atoms with van der Waals surface area (Å²) >= 11 is 0. The molecule has 0 atom stereocenters. The highest BCUT2D eigenvalue weighted by Gasteiger charge is 2.09. The van der Waals surface area contributed by atoms with Crippen molar-refractivity contribution in [1.29, 1.82) is 0 Å². The van der Waals surface area contributed by atoms with Crippen LogP contribution in [0.1, 0.15) is 10.4 Å². The van der Waals surface area contributed by atoms with Crippen molar-refractivity contribution in [2.75, 3.05) is 6.54 Å². The van der Waals surface area contributed by atoms with Gasteiger partial charge >= 0.3 is 0 Å². The van der Waals surface area contributed by atoms with E-state index < -0.39 is 0 Å². The molecule has 4 nitrogen and oxygen atoms in total. The number of Topliss-reactive ketones (excluding diaryl/α,β-unsaturated/α-hetero) is 1. The maximum absolute atomic E-state index is 11.4. The number of nitrogens with one attached hydrogen (secondary N) is 1. The lowest BCUT2D eigenvalue weighted by Gasteiger charge is -1.95. The van der Waals surface area contributed by atoms with Crippen LogP contribution in [0.5, 0.6) is 5.75 Å². The van der Waals surface area contributed by atoms with Gasteiger partial charge in [-0.15, -0.1) is 0 Å². The third-order valence-electron chi connectivity index (χ3n) is 2.15. The SMILES string of the molecule is NCC(=O)c1c[nH]c2cc(O)ccc12. The Labute approximate surface area is 80.3 Å². The van der Waals surface area contributed by atoms with Gasteiger partial charge in [-0.1, -0.05) is 0 Å². The Kier molecular flexibility index (Phi) is 1.98. The molecule has 0 aliphatic rings. The van der Waals surface area contributed by atoms with Gasteiger partial charge < -0.3 is 15.8 Å². The first-order valence-electron chi connectivity index (χ1n) is 4.25. The van der Waals surface area contributed by atoms with Crippen LogP contribution in [-0.2, 0) is 0 Å². The first-order valence-corrected chi connectivity index (χ1v) is 4.25. The van der Waals surface area contributed by atoms with E-state index in [4.69, 9.17) is 5.73 Å². The van der Waals surface area contributed by atoms with Crippen LogP contribution in [0.4, 0.5) is 0 Å². The summed E-state index contributed by atoms with van der Waals surface area (Å²) in [5.74, 6) is 0.0630. The van der Waals surface area contributed by atoms with Crippen molar-refractivity contribution in [3.05, 3.63) is 30.0 Å². The summed E-state index contributed by atoms with van der Waals surface area (Å²) in [5.41, 5.74) is 6.58. The van der Waals surface area contributed by atoms with Crippen LogP contribution < -0.4 is 5.73 Å². The lowest BCUT2D eigenvalue weighted by molar-refractivity contribution is 0.100. The van der Waals surface area contributed by atoms with Crippen LogP contribution in [0.25, 0.3) is 10.9 Å². The summed E-state index contributed by atoms with van der Waals surface area (Å²) in [6, 6.07) is 4.82. The van der Waals surface area contributed by atoms with Crippen molar-refractivity contribution in [2.45, 2.75) is 0 Å². The van der Waals surface area contributed by atoms with Gasteiger partial charge in [0.25, 0.3) is 0 Å². The number of phenols is 1. The Morgan fingerprint density at radius 3 is 3.00 bits per heavy atom. The highest BCUT2D eigenvalue weighted by Crippen LogP contribution is 2.22. The minimum absolute atomic E-state index is 0.00612. The van der Waals surface area contributed by atoms with Crippen LogP contribution in [0.15, 0.2) is 24.4 Å². The van der Waals surface area contributed by atoms with Crippen molar-refractivity contribution in [3.63, 3.8) is 0 Å². The highest BCUT2D eigenvalue weighted by atomic mass is 16.3. The lowest BCUT2D eigenvalue weighted by Crippen LogP contribution is -2.12. The molecule has 0 saturated heterocycles. The van der Waals surface area contributed by atoms with Crippen molar-refractivity contribution in [3.8, 4) is 5.75 Å². The van der Waals surface area contributed by atoms with Gasteiger partial charge in [-0.25, -0.2) is 0 Å². The highest BCUT2D eigenvalue weighted by molar-refractivity contribution is 6.08. The number of hydrogen-bond donors (Lipinski definition) is 3. The van der Waals surface area contributed by atoms with Gasteiger partial charge in [0.05, 0.1) is 6.54 Å². The van der Waals surface area contributed by atoms with E-state index in [0.717, 1.165) is 10.9 Å². The number of hydrogen-bond acceptors (Lipinski definition) is 3. The molecule has 0 aliphatic carbocycles. The second-order valence-electron chi connectivity index (χ2n) is 3.06. The maximum atomic E-state index is 11.4.